The zero-order valence-corrected chi connectivity index (χ0v) is 12.6. The van der Waals surface area contributed by atoms with E-state index < -0.39 is 0 Å². The molecule has 3 rings (SSSR count). The number of aromatic nitrogens is 1. The van der Waals surface area contributed by atoms with Crippen molar-refractivity contribution in [1.29, 1.82) is 0 Å². The van der Waals surface area contributed by atoms with Gasteiger partial charge >= 0.3 is 0 Å². The lowest BCUT2D eigenvalue weighted by Crippen LogP contribution is -2.24. The Bertz CT molecular complexity index is 414. The standard InChI is InChI=1S/C16H27N3O/c1-2-13-4-3-8-19(9-7-13)12-16-10-15(18-20-16)11-17-14-5-6-14/h10,13-14,17H,2-9,11-12H2,1H3. The minimum Gasteiger partial charge on any atom is -0.360 e. The maximum atomic E-state index is 5.48. The van der Waals surface area contributed by atoms with Gasteiger partial charge in [-0.15, -0.1) is 0 Å². The molecule has 2 heterocycles. The van der Waals surface area contributed by atoms with Gasteiger partial charge in [-0.3, -0.25) is 4.90 Å². The van der Waals surface area contributed by atoms with E-state index in [0.29, 0.717) is 0 Å². The number of rotatable bonds is 6. The van der Waals surface area contributed by atoms with Gasteiger partial charge in [0.15, 0.2) is 5.76 Å². The Morgan fingerprint density at radius 1 is 1.30 bits per heavy atom. The summed E-state index contributed by atoms with van der Waals surface area (Å²) >= 11 is 0. The zero-order chi connectivity index (χ0) is 13.8. The lowest BCUT2D eigenvalue weighted by molar-refractivity contribution is 0.235. The molecule has 1 aromatic rings. The summed E-state index contributed by atoms with van der Waals surface area (Å²) in [5.74, 6) is 1.94. The van der Waals surface area contributed by atoms with Gasteiger partial charge in [0.25, 0.3) is 0 Å². The van der Waals surface area contributed by atoms with E-state index >= 15 is 0 Å². The Hall–Kier alpha value is -0.870. The van der Waals surface area contributed by atoms with Gasteiger partial charge in [0, 0.05) is 18.7 Å². The Kier molecular flexibility index (Phi) is 4.73. The lowest BCUT2D eigenvalue weighted by Gasteiger charge is -2.18. The van der Waals surface area contributed by atoms with Crippen LogP contribution in [-0.4, -0.2) is 29.2 Å². The monoisotopic (exact) mass is 277 g/mol. The third-order valence-electron chi connectivity index (χ3n) is 4.65. The Balaban J connectivity index is 1.46. The van der Waals surface area contributed by atoms with Crippen LogP contribution in [0.1, 0.15) is 56.9 Å². The van der Waals surface area contributed by atoms with Gasteiger partial charge < -0.3 is 9.84 Å². The summed E-state index contributed by atoms with van der Waals surface area (Å²) < 4.78 is 5.48. The van der Waals surface area contributed by atoms with E-state index in [2.05, 4.69) is 28.4 Å². The van der Waals surface area contributed by atoms with E-state index in [1.807, 2.05) is 0 Å². The Morgan fingerprint density at radius 2 is 2.20 bits per heavy atom. The van der Waals surface area contributed by atoms with Gasteiger partial charge in [0.1, 0.15) is 0 Å². The fourth-order valence-electron chi connectivity index (χ4n) is 3.06. The molecule has 1 aromatic heterocycles. The van der Waals surface area contributed by atoms with Crippen LogP contribution in [0, 0.1) is 5.92 Å². The van der Waals surface area contributed by atoms with Gasteiger partial charge in [-0.05, 0) is 51.1 Å². The average Bonchev–Trinajstić information content (AvgIpc) is 3.22. The molecule has 1 saturated heterocycles. The molecule has 2 aliphatic rings. The summed E-state index contributed by atoms with van der Waals surface area (Å²) in [6.45, 7) is 6.50. The predicted octanol–water partition coefficient (Wildman–Crippen LogP) is 2.94. The van der Waals surface area contributed by atoms with Gasteiger partial charge in [0.2, 0.25) is 0 Å². The maximum absolute atomic E-state index is 5.48. The van der Waals surface area contributed by atoms with E-state index in [0.717, 1.165) is 36.5 Å². The molecule has 2 fully saturated rings. The van der Waals surface area contributed by atoms with E-state index in [-0.39, 0.29) is 0 Å². The van der Waals surface area contributed by atoms with Gasteiger partial charge in [0.05, 0.1) is 12.2 Å². The summed E-state index contributed by atoms with van der Waals surface area (Å²) in [6.07, 6.45) is 8.00. The van der Waals surface area contributed by atoms with Crippen molar-refractivity contribution >= 4 is 0 Å². The molecular weight excluding hydrogens is 250 g/mol. The topological polar surface area (TPSA) is 41.3 Å². The molecule has 1 N–H and O–H groups in total. The molecule has 4 heteroatoms. The minimum atomic E-state index is 0.728. The van der Waals surface area contributed by atoms with Crippen LogP contribution >= 0.6 is 0 Å². The number of nitrogens with one attached hydrogen (secondary N) is 1. The Labute approximate surface area is 121 Å². The summed E-state index contributed by atoms with van der Waals surface area (Å²) in [5, 5.41) is 7.65. The molecule has 1 atom stereocenters. The van der Waals surface area contributed by atoms with Crippen LogP contribution < -0.4 is 5.32 Å². The van der Waals surface area contributed by atoms with Crippen LogP contribution in [0.15, 0.2) is 10.6 Å². The third kappa shape index (κ3) is 4.06. The number of hydrogen-bond acceptors (Lipinski definition) is 4. The van der Waals surface area contributed by atoms with E-state index in [1.165, 1.54) is 51.6 Å². The van der Waals surface area contributed by atoms with Crippen molar-refractivity contribution in [3.05, 3.63) is 17.5 Å². The number of likely N-dealkylation sites (tertiary alicyclic amines) is 1. The van der Waals surface area contributed by atoms with Crippen LogP contribution in [0.3, 0.4) is 0 Å². The SMILES string of the molecule is CCC1CCCN(Cc2cc(CNC3CC3)no2)CC1. The molecule has 20 heavy (non-hydrogen) atoms. The quantitative estimate of drug-likeness (QED) is 0.868. The molecule has 1 aliphatic heterocycles. The molecule has 0 spiro atoms. The van der Waals surface area contributed by atoms with Crippen LogP contribution in [0.2, 0.25) is 0 Å². The number of nitrogens with zero attached hydrogens (tertiary/aromatic N) is 2. The first-order chi connectivity index (χ1) is 9.83. The highest BCUT2D eigenvalue weighted by Gasteiger charge is 2.21. The Morgan fingerprint density at radius 3 is 3.00 bits per heavy atom. The highest BCUT2D eigenvalue weighted by atomic mass is 16.5. The summed E-state index contributed by atoms with van der Waals surface area (Å²) in [5.41, 5.74) is 1.05. The normalized spacial score (nSPS) is 24.8. The smallest absolute Gasteiger partial charge is 0.151 e. The largest absolute Gasteiger partial charge is 0.360 e. The lowest BCUT2D eigenvalue weighted by atomic mass is 9.98. The second kappa shape index (κ2) is 6.72. The summed E-state index contributed by atoms with van der Waals surface area (Å²) in [6, 6.07) is 2.85. The molecule has 0 amide bonds. The second-order valence-electron chi connectivity index (χ2n) is 6.42. The van der Waals surface area contributed by atoms with Gasteiger partial charge in [-0.25, -0.2) is 0 Å². The molecule has 1 saturated carbocycles. The van der Waals surface area contributed by atoms with Crippen LogP contribution in [0.5, 0.6) is 0 Å². The molecule has 0 radical (unpaired) electrons. The van der Waals surface area contributed by atoms with Gasteiger partial charge in [-0.2, -0.15) is 0 Å². The molecule has 0 bridgehead atoms. The van der Waals surface area contributed by atoms with Crippen molar-refractivity contribution in [2.45, 2.75) is 64.6 Å². The first-order valence-corrected chi connectivity index (χ1v) is 8.23. The molecule has 112 valence electrons. The highest BCUT2D eigenvalue weighted by Crippen LogP contribution is 2.22. The summed E-state index contributed by atoms with van der Waals surface area (Å²) in [4.78, 5) is 2.52. The molecule has 0 aromatic carbocycles. The number of hydrogen-bond donors (Lipinski definition) is 1. The van der Waals surface area contributed by atoms with Crippen molar-refractivity contribution in [3.63, 3.8) is 0 Å². The van der Waals surface area contributed by atoms with Crippen LogP contribution in [-0.2, 0) is 13.1 Å². The second-order valence-corrected chi connectivity index (χ2v) is 6.42. The van der Waals surface area contributed by atoms with Crippen LogP contribution in [0.25, 0.3) is 0 Å². The first-order valence-electron chi connectivity index (χ1n) is 8.23. The summed E-state index contributed by atoms with van der Waals surface area (Å²) in [7, 11) is 0. The van der Waals surface area contributed by atoms with Crippen molar-refractivity contribution < 1.29 is 4.52 Å². The van der Waals surface area contributed by atoms with E-state index in [4.69, 9.17) is 4.52 Å². The van der Waals surface area contributed by atoms with Crippen molar-refractivity contribution in [1.82, 2.24) is 15.4 Å². The van der Waals surface area contributed by atoms with Gasteiger partial charge in [-0.1, -0.05) is 18.5 Å². The maximum Gasteiger partial charge on any atom is 0.151 e. The fraction of sp³-hybridized carbons (Fsp3) is 0.812. The first kappa shape index (κ1) is 14.1. The predicted molar refractivity (Wildman–Crippen MR) is 79.3 cm³/mol. The average molecular weight is 277 g/mol. The molecule has 4 nitrogen and oxygen atoms in total. The third-order valence-corrected chi connectivity index (χ3v) is 4.65. The van der Waals surface area contributed by atoms with E-state index in [9.17, 15) is 0 Å². The fourth-order valence-corrected chi connectivity index (χ4v) is 3.06. The van der Waals surface area contributed by atoms with Crippen molar-refractivity contribution in [2.24, 2.45) is 5.92 Å². The van der Waals surface area contributed by atoms with Crippen molar-refractivity contribution in [2.75, 3.05) is 13.1 Å². The minimum absolute atomic E-state index is 0.728. The molecular formula is C16H27N3O. The van der Waals surface area contributed by atoms with Crippen LogP contribution in [0.4, 0.5) is 0 Å². The molecule has 1 aliphatic carbocycles. The van der Waals surface area contributed by atoms with Crippen molar-refractivity contribution in [3.8, 4) is 0 Å². The highest BCUT2D eigenvalue weighted by molar-refractivity contribution is 5.06. The zero-order valence-electron chi connectivity index (χ0n) is 12.6. The molecule has 1 unspecified atom stereocenters. The van der Waals surface area contributed by atoms with E-state index in [1.54, 1.807) is 0 Å².